The molecule has 0 radical (unpaired) electrons. The van der Waals surface area contributed by atoms with Crippen molar-refractivity contribution in [2.75, 3.05) is 25.5 Å². The standard InChI is InChI=1S/C15H20N2O2/c1-11(18)14-5-4-10-17(14)15(19)12-6-8-13(9-7-12)16(2)3/h6-9,14H,4-5,10H2,1-3H3/t14-/m0/s1. The Bertz CT molecular complexity index is 479. The maximum absolute atomic E-state index is 12.4. The highest BCUT2D eigenvalue weighted by Crippen LogP contribution is 2.22. The van der Waals surface area contributed by atoms with Crippen LogP contribution >= 0.6 is 0 Å². The Hall–Kier alpha value is -1.84. The number of Topliss-reactive ketones (excluding diaryl/α,β-unsaturated/α-hetero) is 1. The molecule has 1 aliphatic rings. The van der Waals surface area contributed by atoms with Crippen LogP contribution in [-0.2, 0) is 4.79 Å². The van der Waals surface area contributed by atoms with Crippen LogP contribution in [-0.4, -0.2) is 43.3 Å². The van der Waals surface area contributed by atoms with E-state index in [0.29, 0.717) is 12.1 Å². The number of hydrogen-bond acceptors (Lipinski definition) is 3. The second-order valence-corrected chi connectivity index (χ2v) is 5.21. The summed E-state index contributed by atoms with van der Waals surface area (Å²) in [6, 6.07) is 7.26. The summed E-state index contributed by atoms with van der Waals surface area (Å²) in [5.74, 6) is 0.0405. The number of ketones is 1. The molecular formula is C15H20N2O2. The first-order chi connectivity index (χ1) is 9.00. The van der Waals surface area contributed by atoms with E-state index in [1.807, 2.05) is 43.3 Å². The Morgan fingerprint density at radius 2 is 1.84 bits per heavy atom. The number of carbonyl (C=O) groups is 2. The Labute approximate surface area is 114 Å². The second kappa shape index (κ2) is 5.43. The quantitative estimate of drug-likeness (QED) is 0.834. The minimum absolute atomic E-state index is 0.0389. The number of anilines is 1. The van der Waals surface area contributed by atoms with Gasteiger partial charge in [-0.15, -0.1) is 0 Å². The monoisotopic (exact) mass is 260 g/mol. The summed E-state index contributed by atoms with van der Waals surface area (Å²) in [6.45, 7) is 2.24. The van der Waals surface area contributed by atoms with E-state index in [1.54, 1.807) is 11.8 Å². The van der Waals surface area contributed by atoms with Gasteiger partial charge >= 0.3 is 0 Å². The maximum Gasteiger partial charge on any atom is 0.254 e. The van der Waals surface area contributed by atoms with Crippen LogP contribution in [0.25, 0.3) is 0 Å². The molecule has 0 saturated carbocycles. The van der Waals surface area contributed by atoms with Crippen molar-refractivity contribution >= 4 is 17.4 Å². The number of benzene rings is 1. The summed E-state index contributed by atoms with van der Waals surface area (Å²) in [6.07, 6.45) is 1.70. The van der Waals surface area contributed by atoms with Crippen molar-refractivity contribution in [3.05, 3.63) is 29.8 Å². The number of carbonyl (C=O) groups excluding carboxylic acids is 2. The van der Waals surface area contributed by atoms with E-state index in [0.717, 1.165) is 18.5 Å². The third-order valence-corrected chi connectivity index (χ3v) is 3.61. The normalized spacial score (nSPS) is 18.5. The zero-order chi connectivity index (χ0) is 14.0. The number of rotatable bonds is 3. The topological polar surface area (TPSA) is 40.6 Å². The molecule has 102 valence electrons. The number of likely N-dealkylation sites (tertiary alicyclic amines) is 1. The van der Waals surface area contributed by atoms with E-state index < -0.39 is 0 Å². The molecule has 1 saturated heterocycles. The van der Waals surface area contributed by atoms with Gasteiger partial charge in [-0.3, -0.25) is 9.59 Å². The van der Waals surface area contributed by atoms with Crippen LogP contribution in [0.4, 0.5) is 5.69 Å². The molecule has 1 heterocycles. The van der Waals surface area contributed by atoms with Gasteiger partial charge in [-0.05, 0) is 44.0 Å². The first-order valence-corrected chi connectivity index (χ1v) is 6.59. The van der Waals surface area contributed by atoms with Crippen molar-refractivity contribution in [3.63, 3.8) is 0 Å². The van der Waals surface area contributed by atoms with Gasteiger partial charge in [0.25, 0.3) is 5.91 Å². The molecule has 0 aliphatic carbocycles. The highest BCUT2D eigenvalue weighted by Gasteiger charge is 2.32. The zero-order valence-electron chi connectivity index (χ0n) is 11.7. The van der Waals surface area contributed by atoms with Crippen LogP contribution in [0.2, 0.25) is 0 Å². The van der Waals surface area contributed by atoms with E-state index in [4.69, 9.17) is 0 Å². The highest BCUT2D eigenvalue weighted by atomic mass is 16.2. The molecule has 19 heavy (non-hydrogen) atoms. The Morgan fingerprint density at radius 1 is 1.21 bits per heavy atom. The first kappa shape index (κ1) is 13.6. The largest absolute Gasteiger partial charge is 0.378 e. The minimum Gasteiger partial charge on any atom is -0.378 e. The molecular weight excluding hydrogens is 240 g/mol. The van der Waals surface area contributed by atoms with E-state index in [9.17, 15) is 9.59 Å². The molecule has 0 N–H and O–H groups in total. The molecule has 1 fully saturated rings. The number of nitrogens with zero attached hydrogens (tertiary/aromatic N) is 2. The Kier molecular flexibility index (Phi) is 3.88. The molecule has 1 aliphatic heterocycles. The minimum atomic E-state index is -0.235. The summed E-state index contributed by atoms with van der Waals surface area (Å²) < 4.78 is 0. The van der Waals surface area contributed by atoms with Crippen LogP contribution in [0.5, 0.6) is 0 Å². The molecule has 1 aromatic rings. The lowest BCUT2D eigenvalue weighted by Crippen LogP contribution is -2.39. The van der Waals surface area contributed by atoms with Gasteiger partial charge in [0, 0.05) is 31.9 Å². The summed E-state index contributed by atoms with van der Waals surface area (Å²) in [4.78, 5) is 27.6. The lowest BCUT2D eigenvalue weighted by Gasteiger charge is -2.23. The van der Waals surface area contributed by atoms with Gasteiger partial charge in [0.1, 0.15) is 0 Å². The van der Waals surface area contributed by atoms with Gasteiger partial charge in [0.2, 0.25) is 0 Å². The van der Waals surface area contributed by atoms with Crippen molar-refractivity contribution < 1.29 is 9.59 Å². The van der Waals surface area contributed by atoms with Crippen LogP contribution in [0.3, 0.4) is 0 Å². The van der Waals surface area contributed by atoms with Crippen molar-refractivity contribution in [1.82, 2.24) is 4.90 Å². The molecule has 4 nitrogen and oxygen atoms in total. The smallest absolute Gasteiger partial charge is 0.254 e. The summed E-state index contributed by atoms with van der Waals surface area (Å²) in [5, 5.41) is 0. The van der Waals surface area contributed by atoms with Gasteiger partial charge in [0.15, 0.2) is 5.78 Å². The van der Waals surface area contributed by atoms with Gasteiger partial charge in [0.05, 0.1) is 6.04 Å². The van der Waals surface area contributed by atoms with Crippen molar-refractivity contribution in [2.45, 2.75) is 25.8 Å². The van der Waals surface area contributed by atoms with Gasteiger partial charge in [-0.1, -0.05) is 0 Å². The number of hydrogen-bond donors (Lipinski definition) is 0. The third-order valence-electron chi connectivity index (χ3n) is 3.61. The van der Waals surface area contributed by atoms with Gasteiger partial charge in [-0.2, -0.15) is 0 Å². The zero-order valence-corrected chi connectivity index (χ0v) is 11.7. The van der Waals surface area contributed by atoms with Gasteiger partial charge < -0.3 is 9.80 Å². The van der Waals surface area contributed by atoms with Crippen LogP contribution in [0, 0.1) is 0 Å². The van der Waals surface area contributed by atoms with Crippen LogP contribution in [0.1, 0.15) is 30.1 Å². The fraction of sp³-hybridized carbons (Fsp3) is 0.467. The lowest BCUT2D eigenvalue weighted by atomic mass is 10.1. The number of amides is 1. The fourth-order valence-corrected chi connectivity index (χ4v) is 2.50. The van der Waals surface area contributed by atoms with E-state index in [2.05, 4.69) is 0 Å². The molecule has 0 spiro atoms. The molecule has 4 heteroatoms. The Morgan fingerprint density at radius 3 is 2.37 bits per heavy atom. The predicted octanol–water partition coefficient (Wildman–Crippen LogP) is 1.95. The fourth-order valence-electron chi connectivity index (χ4n) is 2.50. The second-order valence-electron chi connectivity index (χ2n) is 5.21. The summed E-state index contributed by atoms with van der Waals surface area (Å²) >= 11 is 0. The molecule has 0 unspecified atom stereocenters. The van der Waals surface area contributed by atoms with Crippen molar-refractivity contribution in [1.29, 1.82) is 0 Å². The van der Waals surface area contributed by atoms with Gasteiger partial charge in [-0.25, -0.2) is 0 Å². The summed E-state index contributed by atoms with van der Waals surface area (Å²) in [5.41, 5.74) is 1.71. The molecule has 0 bridgehead atoms. The lowest BCUT2D eigenvalue weighted by molar-refractivity contribution is -0.120. The molecule has 1 atom stereocenters. The predicted molar refractivity (Wildman–Crippen MR) is 75.5 cm³/mol. The van der Waals surface area contributed by atoms with E-state index in [-0.39, 0.29) is 17.7 Å². The Balaban J connectivity index is 2.17. The highest BCUT2D eigenvalue weighted by molar-refractivity contribution is 5.98. The van der Waals surface area contributed by atoms with Crippen molar-refractivity contribution in [2.24, 2.45) is 0 Å². The SMILES string of the molecule is CC(=O)[C@@H]1CCCN1C(=O)c1ccc(N(C)C)cc1. The third kappa shape index (κ3) is 2.78. The first-order valence-electron chi connectivity index (χ1n) is 6.59. The van der Waals surface area contributed by atoms with Crippen LogP contribution < -0.4 is 4.90 Å². The molecule has 1 aromatic carbocycles. The van der Waals surface area contributed by atoms with E-state index >= 15 is 0 Å². The molecule has 0 aromatic heterocycles. The average molecular weight is 260 g/mol. The van der Waals surface area contributed by atoms with E-state index in [1.165, 1.54) is 0 Å². The van der Waals surface area contributed by atoms with Crippen molar-refractivity contribution in [3.8, 4) is 0 Å². The maximum atomic E-state index is 12.4. The molecule has 2 rings (SSSR count). The average Bonchev–Trinajstić information content (AvgIpc) is 2.87. The van der Waals surface area contributed by atoms with Crippen LogP contribution in [0.15, 0.2) is 24.3 Å². The molecule has 1 amide bonds. The summed E-state index contributed by atoms with van der Waals surface area (Å²) in [7, 11) is 3.92.